The van der Waals surface area contributed by atoms with Crippen LogP contribution in [0.25, 0.3) is 11.4 Å². The number of carbonyl (C=O) groups excluding carboxylic acids is 1. The molecular formula is C23H25N5O2. The molecule has 0 atom stereocenters. The van der Waals surface area contributed by atoms with Crippen LogP contribution >= 0.6 is 0 Å². The highest BCUT2D eigenvalue weighted by atomic mass is 16.5. The highest BCUT2D eigenvalue weighted by molar-refractivity contribution is 5.79. The first-order valence-electron chi connectivity index (χ1n) is 10.2. The van der Waals surface area contributed by atoms with Crippen molar-refractivity contribution in [3.05, 3.63) is 66.1 Å². The van der Waals surface area contributed by atoms with Crippen LogP contribution in [0.15, 0.2) is 54.9 Å². The van der Waals surface area contributed by atoms with Gasteiger partial charge in [-0.1, -0.05) is 19.1 Å². The number of hydrogen-bond donors (Lipinski definition) is 1. The molecule has 3 aromatic rings. The number of morpholine rings is 1. The van der Waals surface area contributed by atoms with Gasteiger partial charge in [-0.05, 0) is 36.2 Å². The Labute approximate surface area is 176 Å². The number of benzene rings is 1. The maximum Gasteiger partial charge on any atom is 0.227 e. The Bertz CT molecular complexity index is 986. The first-order valence-corrected chi connectivity index (χ1v) is 10.2. The molecule has 3 heterocycles. The molecule has 0 aliphatic carbocycles. The van der Waals surface area contributed by atoms with Gasteiger partial charge in [-0.2, -0.15) is 0 Å². The number of carbonyl (C=O) groups is 1. The first kappa shape index (κ1) is 20.0. The van der Waals surface area contributed by atoms with Crippen molar-refractivity contribution in [2.24, 2.45) is 0 Å². The second-order valence-electron chi connectivity index (χ2n) is 7.15. The van der Waals surface area contributed by atoms with Gasteiger partial charge in [0.1, 0.15) is 5.82 Å². The number of pyridine rings is 1. The van der Waals surface area contributed by atoms with E-state index < -0.39 is 0 Å². The van der Waals surface area contributed by atoms with Crippen molar-refractivity contribution in [2.75, 3.05) is 31.6 Å². The van der Waals surface area contributed by atoms with Crippen LogP contribution in [0.1, 0.15) is 18.2 Å². The zero-order valence-corrected chi connectivity index (χ0v) is 17.0. The lowest BCUT2D eigenvalue weighted by Gasteiger charge is -2.26. The second-order valence-corrected chi connectivity index (χ2v) is 7.15. The first-order chi connectivity index (χ1) is 14.7. The van der Waals surface area contributed by atoms with Crippen molar-refractivity contribution in [3.63, 3.8) is 0 Å². The molecule has 0 radical (unpaired) electrons. The number of amides is 1. The van der Waals surface area contributed by atoms with Crippen molar-refractivity contribution in [1.29, 1.82) is 0 Å². The van der Waals surface area contributed by atoms with Crippen LogP contribution in [0.4, 0.5) is 11.5 Å². The summed E-state index contributed by atoms with van der Waals surface area (Å²) in [5.41, 5.74) is 3.80. The minimum Gasteiger partial charge on any atom is -0.378 e. The molecule has 7 nitrogen and oxygen atoms in total. The van der Waals surface area contributed by atoms with Crippen LogP contribution in [0.2, 0.25) is 0 Å². The summed E-state index contributed by atoms with van der Waals surface area (Å²) < 4.78 is 5.31. The van der Waals surface area contributed by atoms with Crippen molar-refractivity contribution >= 4 is 17.4 Å². The number of aromatic nitrogens is 3. The van der Waals surface area contributed by atoms with E-state index in [0.717, 1.165) is 34.7 Å². The second kappa shape index (κ2) is 9.45. The molecule has 0 saturated carbocycles. The summed E-state index contributed by atoms with van der Waals surface area (Å²) in [5, 5.41) is 3.35. The Morgan fingerprint density at radius 2 is 1.80 bits per heavy atom. The van der Waals surface area contributed by atoms with Gasteiger partial charge in [0.2, 0.25) is 5.91 Å². The van der Waals surface area contributed by atoms with Gasteiger partial charge >= 0.3 is 0 Å². The lowest BCUT2D eigenvalue weighted by molar-refractivity contribution is -0.134. The molecule has 1 aliphatic heterocycles. The van der Waals surface area contributed by atoms with Crippen LogP contribution < -0.4 is 5.32 Å². The third-order valence-electron chi connectivity index (χ3n) is 5.03. The molecule has 7 heteroatoms. The standard InChI is InChI=1S/C23H25N5O2/c1-2-19-16-21(27-23(26-19)18-7-9-24-10-8-18)25-20-5-3-17(4-6-20)15-22(29)28-11-13-30-14-12-28/h3-10,16H,2,11-15H2,1H3,(H,25,26,27). The number of aryl methyl sites for hydroxylation is 1. The molecule has 2 aromatic heterocycles. The van der Waals surface area contributed by atoms with E-state index in [4.69, 9.17) is 4.74 Å². The normalized spacial score (nSPS) is 13.8. The fourth-order valence-corrected chi connectivity index (χ4v) is 3.33. The molecule has 1 saturated heterocycles. The number of anilines is 2. The molecule has 154 valence electrons. The Hall–Kier alpha value is -3.32. The smallest absolute Gasteiger partial charge is 0.227 e. The van der Waals surface area contributed by atoms with Gasteiger partial charge in [-0.15, -0.1) is 0 Å². The SMILES string of the molecule is CCc1cc(Nc2ccc(CC(=O)N3CCOCC3)cc2)nc(-c2ccncc2)n1. The molecule has 0 bridgehead atoms. The predicted octanol–water partition coefficient (Wildman–Crippen LogP) is 3.25. The summed E-state index contributed by atoms with van der Waals surface area (Å²) >= 11 is 0. The summed E-state index contributed by atoms with van der Waals surface area (Å²) in [4.78, 5) is 27.6. The molecular weight excluding hydrogens is 378 g/mol. The number of ether oxygens (including phenoxy) is 1. The topological polar surface area (TPSA) is 80.2 Å². The van der Waals surface area contributed by atoms with Gasteiger partial charge in [-0.3, -0.25) is 9.78 Å². The Morgan fingerprint density at radius 3 is 2.50 bits per heavy atom. The average Bonchev–Trinajstić information content (AvgIpc) is 2.81. The fraction of sp³-hybridized carbons (Fsp3) is 0.304. The molecule has 1 aliphatic rings. The Balaban J connectivity index is 1.46. The lowest BCUT2D eigenvalue weighted by Crippen LogP contribution is -2.41. The number of rotatable bonds is 6. The molecule has 30 heavy (non-hydrogen) atoms. The largest absolute Gasteiger partial charge is 0.378 e. The zero-order valence-electron chi connectivity index (χ0n) is 17.0. The van der Waals surface area contributed by atoms with Gasteiger partial charge < -0.3 is 15.0 Å². The van der Waals surface area contributed by atoms with E-state index in [-0.39, 0.29) is 5.91 Å². The Kier molecular flexibility index (Phi) is 6.29. The van der Waals surface area contributed by atoms with Crippen molar-refractivity contribution in [2.45, 2.75) is 19.8 Å². The van der Waals surface area contributed by atoms with Crippen molar-refractivity contribution < 1.29 is 9.53 Å². The van der Waals surface area contributed by atoms with Gasteiger partial charge in [0.15, 0.2) is 5.82 Å². The fourth-order valence-electron chi connectivity index (χ4n) is 3.33. The van der Waals surface area contributed by atoms with Gasteiger partial charge in [0.25, 0.3) is 0 Å². The van der Waals surface area contributed by atoms with Crippen LogP contribution in [0.3, 0.4) is 0 Å². The highest BCUT2D eigenvalue weighted by Crippen LogP contribution is 2.21. The van der Waals surface area contributed by atoms with Crippen molar-refractivity contribution in [3.8, 4) is 11.4 Å². The Morgan fingerprint density at radius 1 is 1.07 bits per heavy atom. The lowest BCUT2D eigenvalue weighted by atomic mass is 10.1. The molecule has 0 spiro atoms. The number of nitrogens with one attached hydrogen (secondary N) is 1. The van der Waals surface area contributed by atoms with Crippen LogP contribution in [-0.2, 0) is 22.4 Å². The monoisotopic (exact) mass is 403 g/mol. The average molecular weight is 403 g/mol. The number of nitrogens with zero attached hydrogens (tertiary/aromatic N) is 4. The van der Waals surface area contributed by atoms with Crippen molar-refractivity contribution in [1.82, 2.24) is 19.9 Å². The number of hydrogen-bond acceptors (Lipinski definition) is 6. The van der Waals surface area contributed by atoms with Crippen LogP contribution in [0.5, 0.6) is 0 Å². The van der Waals surface area contributed by atoms with E-state index in [2.05, 4.69) is 27.2 Å². The zero-order chi connectivity index (χ0) is 20.8. The minimum atomic E-state index is 0.143. The molecule has 1 aromatic carbocycles. The summed E-state index contributed by atoms with van der Waals surface area (Å²) in [6.45, 7) is 4.66. The van der Waals surface area contributed by atoms with E-state index in [1.54, 1.807) is 12.4 Å². The van der Waals surface area contributed by atoms with E-state index in [1.807, 2.05) is 47.4 Å². The summed E-state index contributed by atoms with van der Waals surface area (Å²) in [5.74, 6) is 1.56. The van der Waals surface area contributed by atoms with Gasteiger partial charge in [0.05, 0.1) is 19.6 Å². The van der Waals surface area contributed by atoms with E-state index in [9.17, 15) is 4.79 Å². The molecule has 1 amide bonds. The summed E-state index contributed by atoms with van der Waals surface area (Å²) in [6.07, 6.45) is 4.69. The van der Waals surface area contributed by atoms with E-state index in [0.29, 0.717) is 38.5 Å². The van der Waals surface area contributed by atoms with Crippen LogP contribution in [0, 0.1) is 0 Å². The maximum atomic E-state index is 12.4. The quantitative estimate of drug-likeness (QED) is 0.681. The minimum absolute atomic E-state index is 0.143. The predicted molar refractivity (Wildman–Crippen MR) is 115 cm³/mol. The van der Waals surface area contributed by atoms with Gasteiger partial charge in [0, 0.05) is 48.5 Å². The third kappa shape index (κ3) is 4.99. The molecule has 1 N–H and O–H groups in total. The maximum absolute atomic E-state index is 12.4. The molecule has 4 rings (SSSR count). The van der Waals surface area contributed by atoms with Crippen LogP contribution in [-0.4, -0.2) is 52.1 Å². The van der Waals surface area contributed by atoms with E-state index >= 15 is 0 Å². The van der Waals surface area contributed by atoms with E-state index in [1.165, 1.54) is 0 Å². The summed E-state index contributed by atoms with van der Waals surface area (Å²) in [7, 11) is 0. The molecule has 1 fully saturated rings. The third-order valence-corrected chi connectivity index (χ3v) is 5.03. The summed E-state index contributed by atoms with van der Waals surface area (Å²) in [6, 6.07) is 13.7. The highest BCUT2D eigenvalue weighted by Gasteiger charge is 2.17. The van der Waals surface area contributed by atoms with Gasteiger partial charge in [-0.25, -0.2) is 9.97 Å². The molecule has 0 unspecified atom stereocenters.